The van der Waals surface area contributed by atoms with Crippen LogP contribution in [0.1, 0.15) is 38.2 Å². The third kappa shape index (κ3) is 3.48. The summed E-state index contributed by atoms with van der Waals surface area (Å²) in [5, 5.41) is -0.251. The summed E-state index contributed by atoms with van der Waals surface area (Å²) in [4.78, 5) is 27.7. The first-order valence-corrected chi connectivity index (χ1v) is 9.21. The largest absolute Gasteiger partial charge is 0.369 e. The van der Waals surface area contributed by atoms with Crippen LogP contribution >= 0.6 is 11.8 Å². The van der Waals surface area contributed by atoms with Gasteiger partial charge in [-0.05, 0) is 61.2 Å². The van der Waals surface area contributed by atoms with Gasteiger partial charge < -0.3 is 4.90 Å². The van der Waals surface area contributed by atoms with Crippen LogP contribution in [0.5, 0.6) is 0 Å². The summed E-state index contributed by atoms with van der Waals surface area (Å²) < 4.78 is 14.4. The predicted molar refractivity (Wildman–Crippen MR) is 95.4 cm³/mol. The maximum absolute atomic E-state index is 14.4. The Morgan fingerprint density at radius 1 is 1.21 bits per heavy atom. The molecule has 128 valence electrons. The zero-order valence-electron chi connectivity index (χ0n) is 13.8. The summed E-state index contributed by atoms with van der Waals surface area (Å²) in [7, 11) is 0. The van der Waals surface area contributed by atoms with Gasteiger partial charge in [0.1, 0.15) is 5.82 Å². The van der Waals surface area contributed by atoms with Gasteiger partial charge >= 0.3 is 0 Å². The molecule has 6 heteroatoms. The monoisotopic (exact) mass is 348 g/mol. The Hall–Kier alpha value is -1.82. The van der Waals surface area contributed by atoms with E-state index in [1.165, 1.54) is 17.4 Å². The molecule has 2 amide bonds. The number of carbonyl (C=O) groups is 2. The lowest BCUT2D eigenvalue weighted by Crippen LogP contribution is -2.30. The number of anilines is 1. The summed E-state index contributed by atoms with van der Waals surface area (Å²) in [6, 6.07) is 5.02. The molecular weight excluding hydrogens is 327 g/mol. The second-order valence-corrected chi connectivity index (χ2v) is 7.09. The lowest BCUT2D eigenvalue weighted by Gasteiger charge is -2.29. The molecule has 0 radical (unpaired) electrons. The Kier molecular flexibility index (Phi) is 5.23. The number of imide groups is 1. The van der Waals surface area contributed by atoms with E-state index in [0.717, 1.165) is 44.1 Å². The van der Waals surface area contributed by atoms with E-state index in [9.17, 15) is 14.0 Å². The second kappa shape index (κ2) is 7.38. The zero-order valence-corrected chi connectivity index (χ0v) is 14.6. The van der Waals surface area contributed by atoms with Crippen LogP contribution in [0.4, 0.5) is 14.9 Å². The van der Waals surface area contributed by atoms with E-state index in [1.54, 1.807) is 18.2 Å². The topological polar surface area (TPSA) is 40.6 Å². The van der Waals surface area contributed by atoms with Crippen LogP contribution < -0.4 is 4.90 Å². The fraction of sp³-hybridized carbons (Fsp3) is 0.444. The molecule has 4 nitrogen and oxygen atoms in total. The third-order valence-corrected chi connectivity index (χ3v) is 5.19. The molecule has 0 atom stereocenters. The van der Waals surface area contributed by atoms with Crippen LogP contribution in [0.2, 0.25) is 0 Å². The molecule has 2 aliphatic heterocycles. The molecule has 24 heavy (non-hydrogen) atoms. The summed E-state index contributed by atoms with van der Waals surface area (Å²) in [5.41, 5.74) is 1.22. The highest BCUT2D eigenvalue weighted by Gasteiger charge is 2.34. The highest BCUT2D eigenvalue weighted by molar-refractivity contribution is 8.18. The van der Waals surface area contributed by atoms with Gasteiger partial charge in [-0.15, -0.1) is 0 Å². The molecule has 2 aliphatic rings. The van der Waals surface area contributed by atoms with Crippen molar-refractivity contribution >= 4 is 34.7 Å². The quantitative estimate of drug-likeness (QED) is 0.762. The molecule has 0 N–H and O–H groups in total. The average molecular weight is 348 g/mol. The standard InChI is InChI=1S/C18H21FN2O2S/c1-2-8-21-17(22)16(24-18(21)23)12-13-6-7-15(14(19)11-13)20-9-4-3-5-10-20/h6-7,11-12H,2-5,8-10H2,1H3/b16-12+. The van der Waals surface area contributed by atoms with Crippen molar-refractivity contribution in [2.45, 2.75) is 32.6 Å². The van der Waals surface area contributed by atoms with Crippen LogP contribution in [0, 0.1) is 5.82 Å². The molecule has 0 aromatic heterocycles. The summed E-state index contributed by atoms with van der Waals surface area (Å²) in [6.45, 7) is 4.10. The Labute approximate surface area is 145 Å². The van der Waals surface area contributed by atoms with Crippen LogP contribution in [0.15, 0.2) is 23.1 Å². The van der Waals surface area contributed by atoms with Crippen molar-refractivity contribution in [2.75, 3.05) is 24.5 Å². The summed E-state index contributed by atoms with van der Waals surface area (Å²) in [5.74, 6) is -0.564. The molecule has 0 saturated carbocycles. The number of benzene rings is 1. The molecule has 0 spiro atoms. The lowest BCUT2D eigenvalue weighted by molar-refractivity contribution is -0.122. The minimum Gasteiger partial charge on any atom is -0.369 e. The highest BCUT2D eigenvalue weighted by Crippen LogP contribution is 2.33. The summed E-state index contributed by atoms with van der Waals surface area (Å²) in [6.07, 6.45) is 5.70. The Morgan fingerprint density at radius 2 is 1.96 bits per heavy atom. The van der Waals surface area contributed by atoms with E-state index in [1.807, 2.05) is 6.92 Å². The van der Waals surface area contributed by atoms with Crippen LogP contribution in [-0.4, -0.2) is 35.7 Å². The van der Waals surface area contributed by atoms with Gasteiger partial charge in [0.2, 0.25) is 0 Å². The van der Waals surface area contributed by atoms with Crippen LogP contribution in [0.3, 0.4) is 0 Å². The second-order valence-electron chi connectivity index (χ2n) is 6.09. The zero-order chi connectivity index (χ0) is 17.1. The van der Waals surface area contributed by atoms with Crippen molar-refractivity contribution in [1.82, 2.24) is 4.90 Å². The number of amides is 2. The van der Waals surface area contributed by atoms with Crippen molar-refractivity contribution in [3.63, 3.8) is 0 Å². The van der Waals surface area contributed by atoms with Crippen molar-refractivity contribution in [1.29, 1.82) is 0 Å². The Bertz CT molecular complexity index is 684. The van der Waals surface area contributed by atoms with Gasteiger partial charge in [-0.2, -0.15) is 0 Å². The van der Waals surface area contributed by atoms with Gasteiger partial charge in [-0.25, -0.2) is 4.39 Å². The van der Waals surface area contributed by atoms with Gasteiger partial charge in [-0.3, -0.25) is 14.5 Å². The fourth-order valence-electron chi connectivity index (χ4n) is 3.07. The third-order valence-electron chi connectivity index (χ3n) is 4.29. The first kappa shape index (κ1) is 17.0. The molecule has 2 fully saturated rings. The first-order valence-electron chi connectivity index (χ1n) is 8.40. The van der Waals surface area contributed by atoms with Crippen molar-refractivity contribution in [3.05, 3.63) is 34.5 Å². The van der Waals surface area contributed by atoms with E-state index in [2.05, 4.69) is 4.90 Å². The van der Waals surface area contributed by atoms with Gasteiger partial charge in [0, 0.05) is 19.6 Å². The predicted octanol–water partition coefficient (Wildman–Crippen LogP) is 4.26. The van der Waals surface area contributed by atoms with Gasteiger partial charge in [0.15, 0.2) is 0 Å². The number of piperidine rings is 1. The van der Waals surface area contributed by atoms with Crippen LogP contribution in [0.25, 0.3) is 6.08 Å². The minimum absolute atomic E-state index is 0.251. The molecule has 0 unspecified atom stereocenters. The Morgan fingerprint density at radius 3 is 2.62 bits per heavy atom. The van der Waals surface area contributed by atoms with Gasteiger partial charge in [-0.1, -0.05) is 13.0 Å². The molecule has 2 saturated heterocycles. The van der Waals surface area contributed by atoms with E-state index in [0.29, 0.717) is 22.7 Å². The first-order chi connectivity index (χ1) is 11.6. The van der Waals surface area contributed by atoms with Gasteiger partial charge in [0.25, 0.3) is 11.1 Å². The molecule has 1 aromatic carbocycles. The maximum Gasteiger partial charge on any atom is 0.293 e. The fourth-order valence-corrected chi connectivity index (χ4v) is 3.94. The number of rotatable bonds is 4. The Balaban J connectivity index is 1.79. The maximum atomic E-state index is 14.4. The van der Waals surface area contributed by atoms with Crippen molar-refractivity contribution in [3.8, 4) is 0 Å². The van der Waals surface area contributed by atoms with E-state index < -0.39 is 0 Å². The number of hydrogen-bond acceptors (Lipinski definition) is 4. The normalized spacial score (nSPS) is 20.3. The molecule has 3 rings (SSSR count). The van der Waals surface area contributed by atoms with Crippen molar-refractivity contribution in [2.24, 2.45) is 0 Å². The number of hydrogen-bond donors (Lipinski definition) is 0. The highest BCUT2D eigenvalue weighted by atomic mass is 32.2. The van der Waals surface area contributed by atoms with Crippen LogP contribution in [-0.2, 0) is 4.79 Å². The average Bonchev–Trinajstić information content (AvgIpc) is 2.84. The number of nitrogens with zero attached hydrogens (tertiary/aromatic N) is 2. The smallest absolute Gasteiger partial charge is 0.293 e. The lowest BCUT2D eigenvalue weighted by atomic mass is 10.1. The molecule has 2 heterocycles. The number of carbonyl (C=O) groups excluding carboxylic acids is 2. The summed E-state index contributed by atoms with van der Waals surface area (Å²) >= 11 is 0.920. The SMILES string of the molecule is CCCN1C(=O)S/C(=C/c2ccc(N3CCCCC3)c(F)c2)C1=O. The molecular formula is C18H21FN2O2S. The van der Waals surface area contributed by atoms with E-state index in [-0.39, 0.29) is 17.0 Å². The number of halogens is 1. The van der Waals surface area contributed by atoms with E-state index >= 15 is 0 Å². The van der Waals surface area contributed by atoms with E-state index in [4.69, 9.17) is 0 Å². The number of thioether (sulfide) groups is 1. The van der Waals surface area contributed by atoms with Gasteiger partial charge in [0.05, 0.1) is 10.6 Å². The van der Waals surface area contributed by atoms with Crippen molar-refractivity contribution < 1.29 is 14.0 Å². The molecule has 1 aromatic rings. The molecule has 0 bridgehead atoms. The minimum atomic E-state index is -0.285. The molecule has 0 aliphatic carbocycles.